The van der Waals surface area contributed by atoms with Gasteiger partial charge in [0.1, 0.15) is 0 Å². The number of nitrogens with one attached hydrogen (secondary N) is 1. The monoisotopic (exact) mass is 316 g/mol. The Morgan fingerprint density at radius 2 is 1.85 bits per heavy atom. The van der Waals surface area contributed by atoms with Gasteiger partial charge in [-0.1, -0.05) is 12.8 Å². The van der Waals surface area contributed by atoms with E-state index in [1.54, 1.807) is 12.1 Å². The first-order chi connectivity index (χ1) is 9.45. The molecule has 0 saturated heterocycles. The third kappa shape index (κ3) is 6.15. The number of nitrogens with two attached hydrogens (primary N) is 1. The van der Waals surface area contributed by atoms with Crippen LogP contribution < -0.4 is 10.5 Å². The first kappa shape index (κ1) is 17.3. The van der Waals surface area contributed by atoms with Crippen LogP contribution in [0, 0.1) is 6.92 Å². The van der Waals surface area contributed by atoms with Crippen molar-refractivity contribution in [1.29, 1.82) is 0 Å². The van der Waals surface area contributed by atoms with Crippen LogP contribution in [-0.2, 0) is 10.0 Å². The number of thioether (sulfide) groups is 1. The van der Waals surface area contributed by atoms with Crippen molar-refractivity contribution in [2.24, 2.45) is 0 Å². The Bertz CT molecular complexity index is 496. The van der Waals surface area contributed by atoms with Crippen molar-refractivity contribution in [2.75, 3.05) is 24.3 Å². The molecule has 0 aliphatic heterocycles. The van der Waals surface area contributed by atoms with Gasteiger partial charge in [0.2, 0.25) is 10.0 Å². The third-order valence-electron chi connectivity index (χ3n) is 2.95. The number of benzene rings is 1. The van der Waals surface area contributed by atoms with Gasteiger partial charge >= 0.3 is 0 Å². The largest absolute Gasteiger partial charge is 0.399 e. The second-order valence-electron chi connectivity index (χ2n) is 4.88. The van der Waals surface area contributed by atoms with Crippen LogP contribution in [0.4, 0.5) is 5.69 Å². The summed E-state index contributed by atoms with van der Waals surface area (Å²) >= 11 is 1.85. The van der Waals surface area contributed by atoms with E-state index in [1.807, 2.05) is 18.7 Å². The zero-order valence-electron chi connectivity index (χ0n) is 12.2. The summed E-state index contributed by atoms with van der Waals surface area (Å²) in [6.45, 7) is 2.32. The maximum Gasteiger partial charge on any atom is 0.240 e. The number of rotatable bonds is 9. The Kier molecular flexibility index (Phi) is 7.40. The van der Waals surface area contributed by atoms with Crippen molar-refractivity contribution in [1.82, 2.24) is 4.72 Å². The van der Waals surface area contributed by atoms with Crippen molar-refractivity contribution in [3.63, 3.8) is 0 Å². The normalized spacial score (nSPS) is 11.7. The van der Waals surface area contributed by atoms with Crippen molar-refractivity contribution in [2.45, 2.75) is 37.5 Å². The molecule has 114 valence electrons. The summed E-state index contributed by atoms with van der Waals surface area (Å²) in [5.74, 6) is 1.17. The molecule has 0 amide bonds. The highest BCUT2D eigenvalue weighted by molar-refractivity contribution is 7.98. The maximum atomic E-state index is 12.1. The van der Waals surface area contributed by atoms with Gasteiger partial charge in [-0.05, 0) is 55.5 Å². The minimum absolute atomic E-state index is 0.248. The number of aryl methyl sites for hydroxylation is 1. The summed E-state index contributed by atoms with van der Waals surface area (Å²) < 4.78 is 26.8. The fraction of sp³-hybridized carbons (Fsp3) is 0.571. The van der Waals surface area contributed by atoms with E-state index in [1.165, 1.54) is 18.2 Å². The van der Waals surface area contributed by atoms with E-state index in [2.05, 4.69) is 11.0 Å². The fourth-order valence-corrected chi connectivity index (χ4v) is 3.65. The highest BCUT2D eigenvalue weighted by Gasteiger charge is 2.13. The van der Waals surface area contributed by atoms with Crippen molar-refractivity contribution >= 4 is 27.5 Å². The number of unbranched alkanes of at least 4 members (excludes halogenated alkanes) is 3. The van der Waals surface area contributed by atoms with Crippen LogP contribution in [-0.4, -0.2) is 27.0 Å². The molecule has 0 spiro atoms. The molecule has 6 heteroatoms. The average molecular weight is 316 g/mol. The van der Waals surface area contributed by atoms with Crippen molar-refractivity contribution in [3.05, 3.63) is 23.8 Å². The third-order valence-corrected chi connectivity index (χ3v) is 5.09. The van der Waals surface area contributed by atoms with Crippen LogP contribution in [0.15, 0.2) is 23.1 Å². The van der Waals surface area contributed by atoms with Crippen LogP contribution in [0.5, 0.6) is 0 Å². The molecule has 0 bridgehead atoms. The molecule has 20 heavy (non-hydrogen) atoms. The summed E-state index contributed by atoms with van der Waals surface area (Å²) in [4.78, 5) is 0.248. The van der Waals surface area contributed by atoms with E-state index in [0.29, 0.717) is 12.2 Å². The van der Waals surface area contributed by atoms with Crippen molar-refractivity contribution < 1.29 is 8.42 Å². The lowest BCUT2D eigenvalue weighted by atomic mass is 10.2. The van der Waals surface area contributed by atoms with Gasteiger partial charge in [0.05, 0.1) is 4.90 Å². The molecule has 1 aromatic carbocycles. The Hall–Kier alpha value is -0.720. The van der Waals surface area contributed by atoms with Crippen LogP contribution in [0.25, 0.3) is 0 Å². The Morgan fingerprint density at radius 3 is 2.50 bits per heavy atom. The predicted molar refractivity (Wildman–Crippen MR) is 87.6 cm³/mol. The lowest BCUT2D eigenvalue weighted by Crippen LogP contribution is -2.25. The summed E-state index contributed by atoms with van der Waals surface area (Å²) in [6.07, 6.45) is 6.37. The molecule has 3 N–H and O–H groups in total. The molecule has 0 aliphatic rings. The second kappa shape index (κ2) is 8.54. The molecule has 0 atom stereocenters. The zero-order chi connectivity index (χ0) is 15.0. The predicted octanol–water partition coefficient (Wildman–Crippen LogP) is 2.78. The SMILES string of the molecule is CSCCCCCCNS(=O)(=O)c1cc(C)cc(N)c1. The maximum absolute atomic E-state index is 12.1. The second-order valence-corrected chi connectivity index (χ2v) is 7.64. The molecule has 0 heterocycles. The number of sulfonamides is 1. The van der Waals surface area contributed by atoms with E-state index in [0.717, 1.165) is 24.8 Å². The van der Waals surface area contributed by atoms with E-state index in [-0.39, 0.29) is 4.90 Å². The molecular weight excluding hydrogens is 292 g/mol. The molecule has 0 aromatic heterocycles. The Balaban J connectivity index is 2.42. The zero-order valence-corrected chi connectivity index (χ0v) is 13.8. The quantitative estimate of drug-likeness (QED) is 0.543. The molecule has 0 fully saturated rings. The van der Waals surface area contributed by atoms with E-state index in [9.17, 15) is 8.42 Å². The van der Waals surface area contributed by atoms with Crippen LogP contribution >= 0.6 is 11.8 Å². The van der Waals surface area contributed by atoms with Gasteiger partial charge in [0, 0.05) is 12.2 Å². The molecule has 0 unspecified atom stereocenters. The molecule has 0 radical (unpaired) electrons. The number of nitrogen functional groups attached to an aromatic ring is 1. The summed E-state index contributed by atoms with van der Waals surface area (Å²) in [5.41, 5.74) is 7.01. The molecule has 1 aromatic rings. The highest BCUT2D eigenvalue weighted by Crippen LogP contribution is 2.16. The topological polar surface area (TPSA) is 72.2 Å². The van der Waals surface area contributed by atoms with Gasteiger partial charge < -0.3 is 5.73 Å². The molecule has 4 nitrogen and oxygen atoms in total. The number of hydrogen-bond acceptors (Lipinski definition) is 4. The summed E-state index contributed by atoms with van der Waals surface area (Å²) in [5, 5.41) is 0. The van der Waals surface area contributed by atoms with Gasteiger partial charge in [-0.15, -0.1) is 0 Å². The Labute approximate surface area is 126 Å². The average Bonchev–Trinajstić information content (AvgIpc) is 2.36. The standard InChI is InChI=1S/C14H24N2O2S2/c1-12-9-13(15)11-14(10-12)20(17,18)16-7-5-3-4-6-8-19-2/h9-11,16H,3-8,15H2,1-2H3. The van der Waals surface area contributed by atoms with E-state index >= 15 is 0 Å². The smallest absolute Gasteiger partial charge is 0.240 e. The first-order valence-electron chi connectivity index (χ1n) is 6.81. The van der Waals surface area contributed by atoms with Gasteiger partial charge in [-0.3, -0.25) is 0 Å². The van der Waals surface area contributed by atoms with Gasteiger partial charge in [-0.25, -0.2) is 13.1 Å². The molecule has 0 aliphatic carbocycles. The fourth-order valence-electron chi connectivity index (χ4n) is 1.95. The minimum atomic E-state index is -3.44. The molecular formula is C14H24N2O2S2. The van der Waals surface area contributed by atoms with Crippen molar-refractivity contribution in [3.8, 4) is 0 Å². The van der Waals surface area contributed by atoms with Gasteiger partial charge in [-0.2, -0.15) is 11.8 Å². The first-order valence-corrected chi connectivity index (χ1v) is 9.69. The van der Waals surface area contributed by atoms with Gasteiger partial charge in [0.15, 0.2) is 0 Å². The molecule has 1 rings (SSSR count). The number of hydrogen-bond donors (Lipinski definition) is 2. The summed E-state index contributed by atoms with van der Waals surface area (Å²) in [6, 6.07) is 4.88. The van der Waals surface area contributed by atoms with Crippen LogP contribution in [0.3, 0.4) is 0 Å². The van der Waals surface area contributed by atoms with Crippen LogP contribution in [0.2, 0.25) is 0 Å². The summed E-state index contributed by atoms with van der Waals surface area (Å²) in [7, 11) is -3.44. The minimum Gasteiger partial charge on any atom is -0.399 e. The highest BCUT2D eigenvalue weighted by atomic mass is 32.2. The van der Waals surface area contributed by atoms with E-state index < -0.39 is 10.0 Å². The lowest BCUT2D eigenvalue weighted by molar-refractivity contribution is 0.574. The molecule has 0 saturated carbocycles. The number of anilines is 1. The lowest BCUT2D eigenvalue weighted by Gasteiger charge is -2.08. The van der Waals surface area contributed by atoms with Crippen LogP contribution in [0.1, 0.15) is 31.2 Å². The Morgan fingerprint density at radius 1 is 1.15 bits per heavy atom. The van der Waals surface area contributed by atoms with E-state index in [4.69, 9.17) is 5.73 Å². The van der Waals surface area contributed by atoms with Gasteiger partial charge in [0.25, 0.3) is 0 Å².